The Morgan fingerprint density at radius 2 is 0.800 bits per heavy atom. The van der Waals surface area contributed by atoms with Gasteiger partial charge in [-0.15, -0.1) is 0 Å². The number of anilines is 2. The normalized spacial score (nSPS) is 14.8. The van der Waals surface area contributed by atoms with Crippen molar-refractivity contribution in [2.24, 2.45) is 0 Å². The highest BCUT2D eigenvalue weighted by molar-refractivity contribution is 5.93. The zero-order valence-corrected chi connectivity index (χ0v) is 35.6. The van der Waals surface area contributed by atoms with E-state index in [1.54, 1.807) is 0 Å². The number of benzene rings is 8. The molecule has 0 amide bonds. The summed E-state index contributed by atoms with van der Waals surface area (Å²) in [5.74, 6) is -0.0525. The highest BCUT2D eigenvalue weighted by Gasteiger charge is 2.38. The fraction of sp³-hybridized carbons (Fsp3) is 0.207. The molecule has 0 heterocycles. The lowest BCUT2D eigenvalue weighted by Gasteiger charge is -2.35. The average Bonchev–Trinajstić information content (AvgIpc) is 3.58. The third-order valence-electron chi connectivity index (χ3n) is 12.8. The molecule has 0 aliphatic heterocycles. The van der Waals surface area contributed by atoms with Crippen molar-refractivity contribution in [3.63, 3.8) is 0 Å². The molecule has 0 bridgehead atoms. The maximum Gasteiger partial charge on any atom is 0.0763 e. The SMILES string of the molecule is CCc1cccc(CC)c1NC1c2cccc3cccc(c23)C1Nc1c(C(c2ccccc2)c2ccccc2)cc(C(C)(C)C)cc1C(c1ccccc1)c1ccccc1. The smallest absolute Gasteiger partial charge is 0.0763 e. The van der Waals surface area contributed by atoms with Gasteiger partial charge >= 0.3 is 0 Å². The molecule has 0 saturated heterocycles. The number of hydrogen-bond donors (Lipinski definition) is 2. The van der Waals surface area contributed by atoms with Gasteiger partial charge in [-0.3, -0.25) is 0 Å². The Labute approximate surface area is 357 Å². The first-order valence-corrected chi connectivity index (χ1v) is 21.9. The number of para-hydroxylation sites is 1. The molecule has 0 spiro atoms. The van der Waals surface area contributed by atoms with Gasteiger partial charge in [0.15, 0.2) is 0 Å². The zero-order chi connectivity index (χ0) is 41.2. The van der Waals surface area contributed by atoms with Gasteiger partial charge in [0, 0.05) is 23.2 Å². The maximum absolute atomic E-state index is 4.49. The molecular formula is C58H56N2. The van der Waals surface area contributed by atoms with E-state index in [0.717, 1.165) is 12.8 Å². The van der Waals surface area contributed by atoms with E-state index in [-0.39, 0.29) is 29.3 Å². The molecule has 0 saturated carbocycles. The van der Waals surface area contributed by atoms with Gasteiger partial charge in [0.2, 0.25) is 0 Å². The van der Waals surface area contributed by atoms with Crippen molar-refractivity contribution >= 4 is 22.1 Å². The van der Waals surface area contributed by atoms with Gasteiger partial charge in [-0.1, -0.05) is 223 Å². The van der Waals surface area contributed by atoms with E-state index >= 15 is 0 Å². The van der Waals surface area contributed by atoms with Crippen LogP contribution in [0.4, 0.5) is 11.4 Å². The first-order valence-electron chi connectivity index (χ1n) is 21.9. The molecule has 1 aliphatic carbocycles. The summed E-state index contributed by atoms with van der Waals surface area (Å²) in [6, 6.07) is 70.0. The van der Waals surface area contributed by atoms with Gasteiger partial charge in [0.25, 0.3) is 0 Å². The fourth-order valence-corrected chi connectivity index (χ4v) is 9.77. The molecule has 1 aliphatic rings. The van der Waals surface area contributed by atoms with Gasteiger partial charge in [0.05, 0.1) is 12.1 Å². The Balaban J connectivity index is 1.36. The van der Waals surface area contributed by atoms with Crippen LogP contribution in [-0.2, 0) is 18.3 Å². The molecule has 2 unspecified atom stereocenters. The number of rotatable bonds is 12. The van der Waals surface area contributed by atoms with E-state index in [1.807, 2.05) is 0 Å². The lowest BCUT2D eigenvalue weighted by atomic mass is 9.74. The van der Waals surface area contributed by atoms with Crippen LogP contribution in [0, 0.1) is 0 Å². The topological polar surface area (TPSA) is 24.1 Å². The second kappa shape index (κ2) is 16.7. The van der Waals surface area contributed by atoms with E-state index in [4.69, 9.17) is 0 Å². The molecule has 8 aromatic carbocycles. The molecule has 298 valence electrons. The van der Waals surface area contributed by atoms with Crippen LogP contribution in [0.25, 0.3) is 10.8 Å². The predicted octanol–water partition coefficient (Wildman–Crippen LogP) is 14.9. The molecule has 8 aromatic rings. The average molecular weight is 781 g/mol. The van der Waals surface area contributed by atoms with Gasteiger partial charge in [-0.25, -0.2) is 0 Å². The highest BCUT2D eigenvalue weighted by atomic mass is 15.0. The summed E-state index contributed by atoms with van der Waals surface area (Å²) in [7, 11) is 0. The predicted molar refractivity (Wildman–Crippen MR) is 255 cm³/mol. The molecule has 9 rings (SSSR count). The van der Waals surface area contributed by atoms with Gasteiger partial charge in [0.1, 0.15) is 0 Å². The molecule has 0 aromatic heterocycles. The van der Waals surface area contributed by atoms with Gasteiger partial charge in [-0.05, 0) is 90.2 Å². The minimum atomic E-state index is -0.114. The molecule has 2 N–H and O–H groups in total. The fourth-order valence-electron chi connectivity index (χ4n) is 9.77. The number of hydrogen-bond acceptors (Lipinski definition) is 2. The van der Waals surface area contributed by atoms with E-state index in [0.29, 0.717) is 0 Å². The highest BCUT2D eigenvalue weighted by Crippen LogP contribution is 2.52. The van der Waals surface area contributed by atoms with Crippen LogP contribution >= 0.6 is 0 Å². The van der Waals surface area contributed by atoms with Crippen LogP contribution in [0.1, 0.15) is 120 Å². The molecule has 60 heavy (non-hydrogen) atoms. The monoisotopic (exact) mass is 780 g/mol. The van der Waals surface area contributed by atoms with Gasteiger partial charge < -0.3 is 10.6 Å². The summed E-state index contributed by atoms with van der Waals surface area (Å²) in [6.45, 7) is 11.6. The van der Waals surface area contributed by atoms with Gasteiger partial charge in [-0.2, -0.15) is 0 Å². The van der Waals surface area contributed by atoms with Crippen LogP contribution in [-0.4, -0.2) is 0 Å². The molecule has 0 radical (unpaired) electrons. The van der Waals surface area contributed by atoms with E-state index in [1.165, 1.54) is 83.3 Å². The summed E-state index contributed by atoms with van der Waals surface area (Å²) in [4.78, 5) is 0. The van der Waals surface area contributed by atoms with Crippen LogP contribution < -0.4 is 10.6 Å². The third kappa shape index (κ3) is 7.41. The molecular weight excluding hydrogens is 725 g/mol. The summed E-state index contributed by atoms with van der Waals surface area (Å²) in [5, 5.41) is 11.4. The minimum absolute atomic E-state index is 0.0223. The lowest BCUT2D eigenvalue weighted by Crippen LogP contribution is -2.25. The maximum atomic E-state index is 4.49. The van der Waals surface area contributed by atoms with Crippen LogP contribution in [0.2, 0.25) is 0 Å². The molecule has 2 nitrogen and oxygen atoms in total. The first-order chi connectivity index (χ1) is 29.3. The van der Waals surface area contributed by atoms with Crippen molar-refractivity contribution in [1.82, 2.24) is 0 Å². The second-order valence-corrected chi connectivity index (χ2v) is 17.5. The Bertz CT molecular complexity index is 2500. The number of nitrogens with one attached hydrogen (secondary N) is 2. The van der Waals surface area contributed by atoms with Crippen molar-refractivity contribution in [2.75, 3.05) is 10.6 Å². The summed E-state index contributed by atoms with van der Waals surface area (Å²) in [5.41, 5.74) is 16.7. The van der Waals surface area contributed by atoms with Crippen molar-refractivity contribution in [3.05, 3.63) is 249 Å². The Kier molecular flexibility index (Phi) is 10.9. The Morgan fingerprint density at radius 1 is 0.433 bits per heavy atom. The zero-order valence-electron chi connectivity index (χ0n) is 35.6. The Morgan fingerprint density at radius 3 is 1.17 bits per heavy atom. The van der Waals surface area contributed by atoms with Crippen LogP contribution in [0.5, 0.6) is 0 Å². The Hall–Kier alpha value is -6.38. The standard InChI is InChI=1S/C58H56N2/c1-6-39-31-20-32-40(7-2)54(39)59-56-47-35-21-33-45-34-22-36-48(53(45)47)57(56)60-55-49(51(41-23-12-8-13-24-41)42-25-14-9-15-26-42)37-46(58(3,4)5)38-50(55)52(43-27-16-10-17-28-43)44-29-18-11-19-30-44/h8-38,51-52,56-57,59-60H,6-7H2,1-5H3. The summed E-state index contributed by atoms with van der Waals surface area (Å²) in [6.07, 6.45) is 1.93. The second-order valence-electron chi connectivity index (χ2n) is 17.5. The van der Waals surface area contributed by atoms with Crippen molar-refractivity contribution in [1.29, 1.82) is 0 Å². The van der Waals surface area contributed by atoms with Crippen LogP contribution in [0.15, 0.2) is 188 Å². The first kappa shape index (κ1) is 39.1. The van der Waals surface area contributed by atoms with Crippen molar-refractivity contribution in [3.8, 4) is 0 Å². The molecule has 0 fully saturated rings. The molecule has 2 atom stereocenters. The number of aryl methyl sites for hydroxylation is 2. The largest absolute Gasteiger partial charge is 0.375 e. The third-order valence-corrected chi connectivity index (χ3v) is 12.8. The minimum Gasteiger partial charge on any atom is -0.375 e. The summed E-state index contributed by atoms with van der Waals surface area (Å²) >= 11 is 0. The van der Waals surface area contributed by atoms with Crippen LogP contribution in [0.3, 0.4) is 0 Å². The van der Waals surface area contributed by atoms with Crippen molar-refractivity contribution < 1.29 is 0 Å². The molecule has 2 heteroatoms. The quantitative estimate of drug-likeness (QED) is 0.121. The summed E-state index contributed by atoms with van der Waals surface area (Å²) < 4.78 is 0. The van der Waals surface area contributed by atoms with Crippen molar-refractivity contribution in [2.45, 2.75) is 76.8 Å². The lowest BCUT2D eigenvalue weighted by molar-refractivity contribution is 0.587. The van der Waals surface area contributed by atoms with E-state index in [9.17, 15) is 0 Å². The van der Waals surface area contributed by atoms with E-state index in [2.05, 4.69) is 233 Å². The van der Waals surface area contributed by atoms with E-state index < -0.39 is 0 Å².